The highest BCUT2D eigenvalue weighted by molar-refractivity contribution is 7.98. The highest BCUT2D eigenvalue weighted by Gasteiger charge is 2.29. The van der Waals surface area contributed by atoms with Crippen molar-refractivity contribution in [1.29, 1.82) is 0 Å². The van der Waals surface area contributed by atoms with E-state index >= 15 is 0 Å². The molecule has 2 aromatic heterocycles. The number of carbonyl (C=O) groups excluding carboxylic acids is 1. The summed E-state index contributed by atoms with van der Waals surface area (Å²) in [5.74, 6) is 0.0817. The summed E-state index contributed by atoms with van der Waals surface area (Å²) in [5.41, 5.74) is 3.14. The van der Waals surface area contributed by atoms with Crippen LogP contribution in [0.1, 0.15) is 21.6 Å². The third-order valence-corrected chi connectivity index (χ3v) is 5.55. The minimum absolute atomic E-state index is 0.183. The van der Waals surface area contributed by atoms with Crippen LogP contribution < -0.4 is 0 Å². The van der Waals surface area contributed by atoms with Gasteiger partial charge in [0.15, 0.2) is 11.0 Å². The van der Waals surface area contributed by atoms with Gasteiger partial charge in [-0.25, -0.2) is 4.39 Å². The second kappa shape index (κ2) is 6.80. The highest BCUT2D eigenvalue weighted by Crippen LogP contribution is 2.30. The Morgan fingerprint density at radius 3 is 2.78 bits per heavy atom. The van der Waals surface area contributed by atoms with E-state index in [2.05, 4.69) is 15.3 Å². The van der Waals surface area contributed by atoms with Gasteiger partial charge in [0.1, 0.15) is 11.5 Å². The first kappa shape index (κ1) is 17.7. The van der Waals surface area contributed by atoms with Crippen molar-refractivity contribution < 1.29 is 9.18 Å². The van der Waals surface area contributed by atoms with Gasteiger partial charge in [0.2, 0.25) is 0 Å². The highest BCUT2D eigenvalue weighted by atomic mass is 32.2. The first-order valence-electron chi connectivity index (χ1n) is 8.53. The summed E-state index contributed by atoms with van der Waals surface area (Å²) < 4.78 is 17.3. The zero-order valence-corrected chi connectivity index (χ0v) is 16.1. The first-order valence-corrected chi connectivity index (χ1v) is 9.75. The molecule has 3 aromatic rings. The van der Waals surface area contributed by atoms with Crippen LogP contribution in [-0.2, 0) is 27.1 Å². The smallest absolute Gasteiger partial charge is 0.254 e. The lowest BCUT2D eigenvalue weighted by Crippen LogP contribution is -2.36. The molecular weight excluding hydrogens is 367 g/mol. The van der Waals surface area contributed by atoms with Crippen LogP contribution >= 0.6 is 11.8 Å². The summed E-state index contributed by atoms with van der Waals surface area (Å²) in [5, 5.41) is 13.9. The van der Waals surface area contributed by atoms with Gasteiger partial charge in [-0.1, -0.05) is 17.8 Å². The van der Waals surface area contributed by atoms with Crippen molar-refractivity contribution in [2.75, 3.05) is 12.8 Å². The second-order valence-corrected chi connectivity index (χ2v) is 7.23. The molecule has 0 bridgehead atoms. The van der Waals surface area contributed by atoms with Crippen molar-refractivity contribution in [2.45, 2.75) is 18.1 Å². The predicted molar refractivity (Wildman–Crippen MR) is 99.8 cm³/mol. The minimum atomic E-state index is -0.413. The van der Waals surface area contributed by atoms with E-state index in [-0.39, 0.29) is 5.91 Å². The number of benzene rings is 1. The molecule has 0 aliphatic carbocycles. The number of aryl methyl sites for hydroxylation is 1. The lowest BCUT2D eigenvalue weighted by molar-refractivity contribution is 0.0733. The van der Waals surface area contributed by atoms with Gasteiger partial charge in [0.05, 0.1) is 6.54 Å². The van der Waals surface area contributed by atoms with Crippen LogP contribution in [-0.4, -0.2) is 48.2 Å². The summed E-state index contributed by atoms with van der Waals surface area (Å²) in [6.45, 7) is 0.978. The number of thioether (sulfide) groups is 1. The number of amides is 1. The third-order valence-electron chi connectivity index (χ3n) is 4.83. The molecule has 0 saturated heterocycles. The second-order valence-electron chi connectivity index (χ2n) is 6.45. The molecule has 1 aliphatic heterocycles. The van der Waals surface area contributed by atoms with E-state index in [1.165, 1.54) is 23.9 Å². The molecule has 9 heteroatoms. The Morgan fingerprint density at radius 1 is 1.26 bits per heavy atom. The maximum Gasteiger partial charge on any atom is 0.254 e. The molecule has 0 spiro atoms. The maximum atomic E-state index is 13.5. The molecule has 3 heterocycles. The first-order chi connectivity index (χ1) is 13.0. The molecule has 1 amide bonds. The van der Waals surface area contributed by atoms with Crippen LogP contribution in [0.4, 0.5) is 4.39 Å². The van der Waals surface area contributed by atoms with Crippen LogP contribution in [0.15, 0.2) is 29.4 Å². The molecule has 4 rings (SSSR count). The van der Waals surface area contributed by atoms with Crippen LogP contribution in [0, 0.1) is 5.82 Å². The normalized spacial score (nSPS) is 13.7. The molecule has 0 N–H and O–H groups in total. The van der Waals surface area contributed by atoms with Gasteiger partial charge < -0.3 is 9.47 Å². The maximum absolute atomic E-state index is 13.5. The minimum Gasteiger partial charge on any atom is -0.334 e. The Bertz CT molecular complexity index is 1030. The Kier molecular flexibility index (Phi) is 4.47. The van der Waals surface area contributed by atoms with Gasteiger partial charge in [0, 0.05) is 43.9 Å². The monoisotopic (exact) mass is 386 g/mol. The Morgan fingerprint density at radius 2 is 2.07 bits per heavy atom. The SMILES string of the molecule is CSc1nnc(-c2nn(C)c3c2CN(C(=O)c2cccc(F)c2)CC3)n1C. The van der Waals surface area contributed by atoms with E-state index in [1.54, 1.807) is 17.0 Å². The fraction of sp³-hybridized carbons (Fsp3) is 0.333. The van der Waals surface area contributed by atoms with Gasteiger partial charge in [-0.2, -0.15) is 5.10 Å². The zero-order chi connectivity index (χ0) is 19.1. The molecule has 7 nitrogen and oxygen atoms in total. The number of hydrogen-bond donors (Lipinski definition) is 0. The van der Waals surface area contributed by atoms with Crippen LogP contribution in [0.25, 0.3) is 11.5 Å². The molecule has 1 aliphatic rings. The van der Waals surface area contributed by atoms with E-state index in [4.69, 9.17) is 0 Å². The number of halogens is 1. The van der Waals surface area contributed by atoms with E-state index in [0.29, 0.717) is 30.9 Å². The Labute approximate surface area is 160 Å². The number of rotatable bonds is 3. The Hall–Kier alpha value is -2.68. The number of nitrogens with zero attached hydrogens (tertiary/aromatic N) is 6. The van der Waals surface area contributed by atoms with Crippen LogP contribution in [0.2, 0.25) is 0 Å². The van der Waals surface area contributed by atoms with Crippen LogP contribution in [0.3, 0.4) is 0 Å². The van der Waals surface area contributed by atoms with E-state index < -0.39 is 5.82 Å². The molecule has 0 atom stereocenters. The number of carbonyl (C=O) groups is 1. The van der Waals surface area contributed by atoms with Crippen LogP contribution in [0.5, 0.6) is 0 Å². The molecule has 27 heavy (non-hydrogen) atoms. The van der Waals surface area contributed by atoms with Crippen molar-refractivity contribution in [2.24, 2.45) is 14.1 Å². The van der Waals surface area contributed by atoms with E-state index in [0.717, 1.165) is 22.1 Å². The van der Waals surface area contributed by atoms with Crippen molar-refractivity contribution in [3.63, 3.8) is 0 Å². The summed E-state index contributed by atoms with van der Waals surface area (Å²) in [6.07, 6.45) is 2.63. The molecule has 0 unspecified atom stereocenters. The summed E-state index contributed by atoms with van der Waals surface area (Å²) in [4.78, 5) is 14.6. The van der Waals surface area contributed by atoms with Crippen molar-refractivity contribution in [3.05, 3.63) is 46.9 Å². The number of hydrogen-bond acceptors (Lipinski definition) is 5. The van der Waals surface area contributed by atoms with Gasteiger partial charge in [0.25, 0.3) is 5.91 Å². The molecule has 1 aromatic carbocycles. The molecule has 0 fully saturated rings. The predicted octanol–water partition coefficient (Wildman–Crippen LogP) is 2.28. The summed E-state index contributed by atoms with van der Waals surface area (Å²) in [6, 6.07) is 5.80. The van der Waals surface area contributed by atoms with Gasteiger partial charge >= 0.3 is 0 Å². The molecule has 0 saturated carbocycles. The quantitative estimate of drug-likeness (QED) is 0.646. The average Bonchev–Trinajstić information content (AvgIpc) is 3.20. The number of aromatic nitrogens is 5. The molecule has 140 valence electrons. The number of fused-ring (bicyclic) bond motifs is 1. The zero-order valence-electron chi connectivity index (χ0n) is 15.3. The van der Waals surface area contributed by atoms with Gasteiger partial charge in [-0.3, -0.25) is 9.48 Å². The Balaban J connectivity index is 1.70. The van der Waals surface area contributed by atoms with Crippen molar-refractivity contribution in [3.8, 4) is 11.5 Å². The van der Waals surface area contributed by atoms with E-state index in [1.807, 2.05) is 29.6 Å². The summed E-state index contributed by atoms with van der Waals surface area (Å²) in [7, 11) is 3.80. The largest absolute Gasteiger partial charge is 0.334 e. The topological polar surface area (TPSA) is 68.8 Å². The lowest BCUT2D eigenvalue weighted by atomic mass is 10.0. The summed E-state index contributed by atoms with van der Waals surface area (Å²) >= 11 is 1.51. The lowest BCUT2D eigenvalue weighted by Gasteiger charge is -2.27. The molecular formula is C18H19FN6OS. The average molecular weight is 386 g/mol. The van der Waals surface area contributed by atoms with Gasteiger partial charge in [-0.05, 0) is 24.5 Å². The standard InChI is InChI=1S/C18H19FN6OS/c1-23-16(20-21-18(23)27-3)15-13-10-25(8-7-14(13)24(2)22-15)17(26)11-5-4-6-12(19)9-11/h4-6,9H,7-8,10H2,1-3H3. The van der Waals surface area contributed by atoms with Crippen molar-refractivity contribution in [1.82, 2.24) is 29.4 Å². The van der Waals surface area contributed by atoms with E-state index in [9.17, 15) is 9.18 Å². The fourth-order valence-electron chi connectivity index (χ4n) is 3.45. The third kappa shape index (κ3) is 3.01. The molecule has 0 radical (unpaired) electrons. The van der Waals surface area contributed by atoms with Crippen molar-refractivity contribution >= 4 is 17.7 Å². The fourth-order valence-corrected chi connectivity index (χ4v) is 3.93. The van der Waals surface area contributed by atoms with Gasteiger partial charge in [-0.15, -0.1) is 10.2 Å².